The number of nitro groups is 1. The van der Waals surface area contributed by atoms with Gasteiger partial charge in [0, 0.05) is 34.9 Å². The Hall–Kier alpha value is -1.14. The van der Waals surface area contributed by atoms with E-state index in [0.717, 1.165) is 29.7 Å². The Morgan fingerprint density at radius 3 is 3.00 bits per heavy atom. The molecular formula is C12H16BrN3O2. The van der Waals surface area contributed by atoms with E-state index >= 15 is 0 Å². The van der Waals surface area contributed by atoms with Gasteiger partial charge in [0.1, 0.15) is 0 Å². The van der Waals surface area contributed by atoms with Crippen LogP contribution in [0, 0.1) is 10.1 Å². The first-order chi connectivity index (χ1) is 8.66. The third kappa shape index (κ3) is 3.43. The second-order valence-electron chi connectivity index (χ2n) is 4.43. The number of benzene rings is 1. The summed E-state index contributed by atoms with van der Waals surface area (Å²) in [6.07, 6.45) is 3.57. The maximum absolute atomic E-state index is 10.6. The number of rotatable bonds is 5. The number of halogens is 1. The van der Waals surface area contributed by atoms with Gasteiger partial charge in [-0.3, -0.25) is 10.1 Å². The highest BCUT2D eigenvalue weighted by molar-refractivity contribution is 9.10. The molecule has 5 nitrogen and oxygen atoms in total. The van der Waals surface area contributed by atoms with Crippen LogP contribution in [0.1, 0.15) is 19.3 Å². The molecule has 0 saturated carbocycles. The Labute approximate surface area is 114 Å². The largest absolute Gasteiger partial charge is 0.384 e. The van der Waals surface area contributed by atoms with Crippen molar-refractivity contribution in [3.05, 3.63) is 32.8 Å². The predicted molar refractivity (Wildman–Crippen MR) is 74.9 cm³/mol. The predicted octanol–water partition coefficient (Wildman–Crippen LogP) is 2.91. The van der Waals surface area contributed by atoms with Crippen molar-refractivity contribution in [1.29, 1.82) is 0 Å². The lowest BCUT2D eigenvalue weighted by molar-refractivity contribution is -0.384. The van der Waals surface area contributed by atoms with Crippen molar-refractivity contribution in [3.8, 4) is 0 Å². The van der Waals surface area contributed by atoms with Crippen LogP contribution < -0.4 is 10.6 Å². The second kappa shape index (κ2) is 6.15. The van der Waals surface area contributed by atoms with Crippen LogP contribution in [-0.2, 0) is 0 Å². The molecule has 1 atom stereocenters. The maximum Gasteiger partial charge on any atom is 0.270 e. The maximum atomic E-state index is 10.6. The zero-order chi connectivity index (χ0) is 13.0. The van der Waals surface area contributed by atoms with Gasteiger partial charge in [-0.05, 0) is 47.8 Å². The Balaban J connectivity index is 1.87. The van der Waals surface area contributed by atoms with Crippen LogP contribution in [0.3, 0.4) is 0 Å². The molecule has 1 aliphatic heterocycles. The van der Waals surface area contributed by atoms with E-state index in [1.165, 1.54) is 25.0 Å². The number of nitrogens with one attached hydrogen (secondary N) is 2. The third-order valence-electron chi connectivity index (χ3n) is 3.13. The summed E-state index contributed by atoms with van der Waals surface area (Å²) in [5.41, 5.74) is 1.00. The summed E-state index contributed by atoms with van der Waals surface area (Å²) in [5, 5.41) is 17.3. The average molecular weight is 314 g/mol. The minimum Gasteiger partial charge on any atom is -0.384 e. The first-order valence-electron chi connectivity index (χ1n) is 6.08. The molecule has 0 spiro atoms. The van der Waals surface area contributed by atoms with E-state index in [1.807, 2.05) is 0 Å². The summed E-state index contributed by atoms with van der Waals surface area (Å²) in [5.74, 6) is 0. The molecule has 2 N–H and O–H groups in total. The number of hydrogen-bond acceptors (Lipinski definition) is 4. The molecular weight excluding hydrogens is 298 g/mol. The summed E-state index contributed by atoms with van der Waals surface area (Å²) < 4.78 is 0.732. The lowest BCUT2D eigenvalue weighted by Crippen LogP contribution is -2.24. The van der Waals surface area contributed by atoms with Crippen LogP contribution in [0.5, 0.6) is 0 Å². The summed E-state index contributed by atoms with van der Waals surface area (Å²) in [6, 6.07) is 5.38. The quantitative estimate of drug-likeness (QED) is 0.648. The molecule has 1 aliphatic rings. The van der Waals surface area contributed by atoms with Gasteiger partial charge in [0.05, 0.1) is 4.92 Å². The molecule has 1 fully saturated rings. The molecule has 0 aliphatic carbocycles. The topological polar surface area (TPSA) is 67.2 Å². The molecule has 1 heterocycles. The van der Waals surface area contributed by atoms with Gasteiger partial charge in [0.2, 0.25) is 0 Å². The summed E-state index contributed by atoms with van der Waals surface area (Å²) in [6.45, 7) is 1.99. The average Bonchev–Trinajstić information content (AvgIpc) is 2.84. The first-order valence-corrected chi connectivity index (χ1v) is 6.87. The molecule has 1 saturated heterocycles. The van der Waals surface area contributed by atoms with E-state index in [1.54, 1.807) is 6.07 Å². The third-order valence-corrected chi connectivity index (χ3v) is 3.79. The van der Waals surface area contributed by atoms with Gasteiger partial charge >= 0.3 is 0 Å². The molecule has 1 aromatic rings. The minimum atomic E-state index is -0.392. The SMILES string of the molecule is O=[N+]([O-])c1ccc(NCC[C@H]2CCCN2)c(Br)c1. The van der Waals surface area contributed by atoms with Gasteiger partial charge in [-0.1, -0.05) is 0 Å². The van der Waals surface area contributed by atoms with Crippen molar-refractivity contribution in [2.24, 2.45) is 0 Å². The van der Waals surface area contributed by atoms with Crippen LogP contribution in [0.15, 0.2) is 22.7 Å². The number of anilines is 1. The zero-order valence-corrected chi connectivity index (χ0v) is 11.6. The molecule has 0 unspecified atom stereocenters. The van der Waals surface area contributed by atoms with Crippen LogP contribution in [0.2, 0.25) is 0 Å². The molecule has 2 rings (SSSR count). The highest BCUT2D eigenvalue weighted by Crippen LogP contribution is 2.27. The van der Waals surface area contributed by atoms with E-state index < -0.39 is 4.92 Å². The lowest BCUT2D eigenvalue weighted by atomic mass is 10.1. The molecule has 0 radical (unpaired) electrons. The Bertz CT molecular complexity index is 433. The monoisotopic (exact) mass is 313 g/mol. The molecule has 0 aromatic heterocycles. The van der Waals surface area contributed by atoms with Gasteiger partial charge in [0.25, 0.3) is 5.69 Å². The van der Waals surface area contributed by atoms with Gasteiger partial charge in [0.15, 0.2) is 0 Å². The second-order valence-corrected chi connectivity index (χ2v) is 5.28. The van der Waals surface area contributed by atoms with E-state index in [-0.39, 0.29) is 5.69 Å². The van der Waals surface area contributed by atoms with Crippen LogP contribution in [-0.4, -0.2) is 24.1 Å². The number of nitro benzene ring substituents is 1. The zero-order valence-electron chi connectivity index (χ0n) is 9.99. The van der Waals surface area contributed by atoms with E-state index in [4.69, 9.17) is 0 Å². The van der Waals surface area contributed by atoms with Gasteiger partial charge < -0.3 is 10.6 Å². The molecule has 18 heavy (non-hydrogen) atoms. The summed E-state index contributed by atoms with van der Waals surface area (Å²) in [4.78, 5) is 10.2. The van der Waals surface area contributed by atoms with E-state index in [2.05, 4.69) is 26.6 Å². The van der Waals surface area contributed by atoms with Crippen LogP contribution in [0.25, 0.3) is 0 Å². The van der Waals surface area contributed by atoms with Crippen molar-refractivity contribution in [2.45, 2.75) is 25.3 Å². The van der Waals surface area contributed by atoms with Crippen LogP contribution >= 0.6 is 15.9 Å². The van der Waals surface area contributed by atoms with Crippen molar-refractivity contribution < 1.29 is 4.92 Å². The first kappa shape index (κ1) is 13.3. The fourth-order valence-electron chi connectivity index (χ4n) is 2.15. The number of non-ortho nitro benzene ring substituents is 1. The summed E-state index contributed by atoms with van der Waals surface area (Å²) in [7, 11) is 0. The lowest BCUT2D eigenvalue weighted by Gasteiger charge is -2.12. The molecule has 98 valence electrons. The van der Waals surface area contributed by atoms with Crippen molar-refractivity contribution in [3.63, 3.8) is 0 Å². The van der Waals surface area contributed by atoms with Crippen molar-refractivity contribution >= 4 is 27.3 Å². The van der Waals surface area contributed by atoms with Crippen molar-refractivity contribution in [2.75, 3.05) is 18.4 Å². The summed E-state index contributed by atoms with van der Waals surface area (Å²) >= 11 is 3.35. The smallest absolute Gasteiger partial charge is 0.270 e. The van der Waals surface area contributed by atoms with Gasteiger partial charge in [-0.15, -0.1) is 0 Å². The minimum absolute atomic E-state index is 0.102. The fourth-order valence-corrected chi connectivity index (χ4v) is 2.65. The number of nitrogens with zero attached hydrogens (tertiary/aromatic N) is 1. The highest BCUT2D eigenvalue weighted by atomic mass is 79.9. The number of hydrogen-bond donors (Lipinski definition) is 2. The fraction of sp³-hybridized carbons (Fsp3) is 0.500. The standard InChI is InChI=1S/C12H16BrN3O2/c13-11-8-10(16(17)18)3-4-12(11)15-7-5-9-2-1-6-14-9/h3-4,8-9,14-15H,1-2,5-7H2/t9-/m1/s1. The Kier molecular flexibility index (Phi) is 4.54. The van der Waals surface area contributed by atoms with E-state index in [0.29, 0.717) is 6.04 Å². The van der Waals surface area contributed by atoms with Crippen LogP contribution in [0.4, 0.5) is 11.4 Å². The van der Waals surface area contributed by atoms with Crippen molar-refractivity contribution in [1.82, 2.24) is 5.32 Å². The molecule has 1 aromatic carbocycles. The Morgan fingerprint density at radius 1 is 1.56 bits per heavy atom. The van der Waals surface area contributed by atoms with Gasteiger partial charge in [-0.25, -0.2) is 0 Å². The van der Waals surface area contributed by atoms with E-state index in [9.17, 15) is 10.1 Å². The highest BCUT2D eigenvalue weighted by Gasteiger charge is 2.13. The van der Waals surface area contributed by atoms with Gasteiger partial charge in [-0.2, -0.15) is 0 Å². The molecule has 0 amide bonds. The molecule has 0 bridgehead atoms. The Morgan fingerprint density at radius 2 is 2.39 bits per heavy atom. The normalized spacial score (nSPS) is 18.8. The molecule has 6 heteroatoms.